The van der Waals surface area contributed by atoms with Crippen LogP contribution in [0, 0.1) is 0 Å². The van der Waals surface area contributed by atoms with Crippen molar-refractivity contribution < 1.29 is 9.31 Å². The van der Waals surface area contributed by atoms with Crippen LogP contribution < -0.4 is 11.0 Å². The summed E-state index contributed by atoms with van der Waals surface area (Å²) in [5.41, 5.74) is 0.880. The first-order chi connectivity index (χ1) is 13.7. The molecule has 0 spiro atoms. The van der Waals surface area contributed by atoms with Crippen molar-refractivity contribution in [2.45, 2.75) is 76.7 Å². The van der Waals surface area contributed by atoms with E-state index in [1.54, 1.807) is 6.33 Å². The van der Waals surface area contributed by atoms with Crippen LogP contribution in [-0.2, 0) is 9.31 Å². The summed E-state index contributed by atoms with van der Waals surface area (Å²) in [6.07, 6.45) is 6.46. The summed E-state index contributed by atoms with van der Waals surface area (Å²) in [5, 5.41) is 0.664. The molecule has 2 aliphatic heterocycles. The minimum atomic E-state index is -0.444. The zero-order valence-corrected chi connectivity index (χ0v) is 17.9. The van der Waals surface area contributed by atoms with Crippen molar-refractivity contribution in [1.82, 2.24) is 14.5 Å². The lowest BCUT2D eigenvalue weighted by Gasteiger charge is -2.32. The molecule has 2 aromatic rings. The van der Waals surface area contributed by atoms with Crippen LogP contribution in [0.4, 0.5) is 0 Å². The Balaban J connectivity index is 1.39. The largest absolute Gasteiger partial charge is 0.494 e. The average Bonchev–Trinajstić information content (AvgIpc) is 3.49. The zero-order chi connectivity index (χ0) is 20.4. The van der Waals surface area contributed by atoms with Crippen molar-refractivity contribution >= 4 is 23.5 Å². The molecule has 0 unspecified atom stereocenters. The van der Waals surface area contributed by atoms with Crippen LogP contribution in [0.5, 0.6) is 0 Å². The summed E-state index contributed by atoms with van der Waals surface area (Å²) in [5.74, 6) is 0. The van der Waals surface area contributed by atoms with Crippen molar-refractivity contribution in [1.29, 1.82) is 0 Å². The van der Waals surface area contributed by atoms with Gasteiger partial charge >= 0.3 is 7.12 Å². The second-order valence-corrected chi connectivity index (χ2v) is 9.82. The Kier molecular flexibility index (Phi) is 4.43. The van der Waals surface area contributed by atoms with Gasteiger partial charge in [-0.15, -0.1) is 0 Å². The predicted molar refractivity (Wildman–Crippen MR) is 115 cm³/mol. The van der Waals surface area contributed by atoms with E-state index in [2.05, 4.69) is 9.88 Å². The van der Waals surface area contributed by atoms with Crippen LogP contribution in [0.25, 0.3) is 10.9 Å². The van der Waals surface area contributed by atoms with Gasteiger partial charge in [0.15, 0.2) is 0 Å². The lowest BCUT2D eigenvalue weighted by molar-refractivity contribution is 0.00578. The first-order valence-corrected chi connectivity index (χ1v) is 10.9. The third-order valence-electron chi connectivity index (χ3n) is 7.29. The molecule has 1 aliphatic carbocycles. The Morgan fingerprint density at radius 1 is 1.00 bits per heavy atom. The summed E-state index contributed by atoms with van der Waals surface area (Å²) in [6.45, 7) is 10.3. The van der Waals surface area contributed by atoms with Crippen LogP contribution in [0.15, 0.2) is 29.3 Å². The number of nitrogens with zero attached hydrogens (tertiary/aromatic N) is 3. The molecule has 7 heteroatoms. The highest BCUT2D eigenvalue weighted by Gasteiger charge is 2.51. The highest BCUT2D eigenvalue weighted by atomic mass is 16.7. The molecule has 0 atom stereocenters. The number of hydrogen-bond donors (Lipinski definition) is 0. The lowest BCUT2D eigenvalue weighted by Crippen LogP contribution is -2.41. The monoisotopic (exact) mass is 395 g/mol. The molecule has 2 saturated heterocycles. The molecule has 3 heterocycles. The summed E-state index contributed by atoms with van der Waals surface area (Å²) in [6, 6.07) is 6.79. The van der Waals surface area contributed by atoms with Gasteiger partial charge in [0.05, 0.1) is 28.4 Å². The van der Waals surface area contributed by atoms with Gasteiger partial charge in [-0.05, 0) is 71.0 Å². The SMILES string of the molecule is CC1(C)OB(c2ccc3c(=O)n(C4CCN(C5CC5)CC4)cnc3c2)OC1(C)C. The van der Waals surface area contributed by atoms with Gasteiger partial charge in [0.1, 0.15) is 0 Å². The van der Waals surface area contributed by atoms with Crippen molar-refractivity contribution in [3.63, 3.8) is 0 Å². The van der Waals surface area contributed by atoms with E-state index in [1.807, 2.05) is 50.5 Å². The Labute approximate surface area is 172 Å². The Bertz CT molecular complexity index is 974. The zero-order valence-electron chi connectivity index (χ0n) is 17.9. The third-order valence-corrected chi connectivity index (χ3v) is 7.29. The van der Waals surface area contributed by atoms with Gasteiger partial charge < -0.3 is 14.2 Å². The highest BCUT2D eigenvalue weighted by Crippen LogP contribution is 2.36. The van der Waals surface area contributed by atoms with E-state index < -0.39 is 18.3 Å². The summed E-state index contributed by atoms with van der Waals surface area (Å²) >= 11 is 0. The fourth-order valence-electron chi connectivity index (χ4n) is 4.51. The fourth-order valence-corrected chi connectivity index (χ4v) is 4.51. The molecule has 29 heavy (non-hydrogen) atoms. The minimum Gasteiger partial charge on any atom is -0.399 e. The van der Waals surface area contributed by atoms with Crippen molar-refractivity contribution in [2.75, 3.05) is 13.1 Å². The van der Waals surface area contributed by atoms with Crippen LogP contribution >= 0.6 is 0 Å². The molecule has 0 N–H and O–H groups in total. The lowest BCUT2D eigenvalue weighted by atomic mass is 9.79. The van der Waals surface area contributed by atoms with E-state index in [0.29, 0.717) is 10.9 Å². The van der Waals surface area contributed by atoms with E-state index in [0.717, 1.165) is 37.4 Å². The first kappa shape index (κ1) is 19.3. The van der Waals surface area contributed by atoms with Gasteiger partial charge in [-0.2, -0.15) is 0 Å². The third kappa shape index (κ3) is 3.33. The van der Waals surface area contributed by atoms with Crippen LogP contribution in [0.1, 0.15) is 59.4 Å². The molecule has 1 aromatic carbocycles. The van der Waals surface area contributed by atoms with Gasteiger partial charge in [0, 0.05) is 25.2 Å². The molecular weight excluding hydrogens is 365 g/mol. The Morgan fingerprint density at radius 2 is 1.66 bits per heavy atom. The predicted octanol–water partition coefficient (Wildman–Crippen LogP) is 2.49. The molecule has 3 aliphatic rings. The van der Waals surface area contributed by atoms with E-state index in [4.69, 9.17) is 9.31 Å². The van der Waals surface area contributed by atoms with Gasteiger partial charge in [0.2, 0.25) is 0 Å². The van der Waals surface area contributed by atoms with Crippen LogP contribution in [0.2, 0.25) is 0 Å². The van der Waals surface area contributed by atoms with Crippen LogP contribution in [-0.4, -0.2) is 51.9 Å². The number of likely N-dealkylation sites (tertiary alicyclic amines) is 1. The topological polar surface area (TPSA) is 56.6 Å². The number of benzene rings is 1. The molecule has 154 valence electrons. The summed E-state index contributed by atoms with van der Waals surface area (Å²) in [4.78, 5) is 20.3. The van der Waals surface area contributed by atoms with Crippen molar-refractivity contribution in [3.8, 4) is 0 Å². The van der Waals surface area contributed by atoms with Gasteiger partial charge in [-0.1, -0.05) is 6.07 Å². The van der Waals surface area contributed by atoms with E-state index in [9.17, 15) is 4.79 Å². The molecule has 6 nitrogen and oxygen atoms in total. The minimum absolute atomic E-state index is 0.0559. The average molecular weight is 395 g/mol. The maximum Gasteiger partial charge on any atom is 0.494 e. The number of hydrogen-bond acceptors (Lipinski definition) is 5. The van der Waals surface area contributed by atoms with Gasteiger partial charge in [-0.25, -0.2) is 4.98 Å². The van der Waals surface area contributed by atoms with E-state index in [1.165, 1.54) is 12.8 Å². The maximum atomic E-state index is 13.1. The molecule has 0 radical (unpaired) electrons. The Hall–Kier alpha value is -1.70. The summed E-state index contributed by atoms with van der Waals surface area (Å²) < 4.78 is 14.1. The Morgan fingerprint density at radius 3 is 2.28 bits per heavy atom. The highest BCUT2D eigenvalue weighted by molar-refractivity contribution is 6.62. The van der Waals surface area contributed by atoms with Crippen molar-refractivity contribution in [2.24, 2.45) is 0 Å². The normalized spacial score (nSPS) is 25.0. The van der Waals surface area contributed by atoms with Gasteiger partial charge in [-0.3, -0.25) is 9.36 Å². The standard InChI is InChI=1S/C22H30BN3O3/c1-21(2)22(3,4)29-23(28-21)15-5-8-18-19(13-15)24-14-26(20(18)27)17-9-11-25(12-10-17)16-6-7-16/h5,8,13-14,16-17H,6-7,9-12H2,1-4H3. The number of piperidine rings is 1. The molecule has 1 aromatic heterocycles. The number of aromatic nitrogens is 2. The van der Waals surface area contributed by atoms with E-state index in [-0.39, 0.29) is 11.6 Å². The van der Waals surface area contributed by atoms with Crippen LogP contribution in [0.3, 0.4) is 0 Å². The van der Waals surface area contributed by atoms with E-state index >= 15 is 0 Å². The first-order valence-electron chi connectivity index (χ1n) is 10.9. The second-order valence-electron chi connectivity index (χ2n) is 9.82. The molecule has 1 saturated carbocycles. The van der Waals surface area contributed by atoms with Crippen molar-refractivity contribution in [3.05, 3.63) is 34.9 Å². The number of rotatable bonds is 3. The smallest absolute Gasteiger partial charge is 0.399 e. The fraction of sp³-hybridized carbons (Fsp3) is 0.636. The maximum absolute atomic E-state index is 13.1. The second kappa shape index (κ2) is 6.66. The molecule has 0 bridgehead atoms. The summed E-state index contributed by atoms with van der Waals surface area (Å²) in [7, 11) is -0.444. The number of fused-ring (bicyclic) bond motifs is 1. The molecule has 0 amide bonds. The van der Waals surface area contributed by atoms with Gasteiger partial charge in [0.25, 0.3) is 5.56 Å². The molecule has 3 fully saturated rings. The molecule has 5 rings (SSSR count). The quantitative estimate of drug-likeness (QED) is 0.748. The molecular formula is C22H30BN3O3.